The van der Waals surface area contributed by atoms with Gasteiger partial charge in [0, 0.05) is 82.3 Å². The van der Waals surface area contributed by atoms with Crippen LogP contribution < -0.4 is 0 Å². The van der Waals surface area contributed by atoms with Crippen LogP contribution in [0.2, 0.25) is 0 Å². The van der Waals surface area contributed by atoms with E-state index in [9.17, 15) is 0 Å². The summed E-state index contributed by atoms with van der Waals surface area (Å²) < 4.78 is 59.4. The van der Waals surface area contributed by atoms with Crippen molar-refractivity contribution in [3.05, 3.63) is 285 Å². The molecule has 5 heterocycles. The van der Waals surface area contributed by atoms with E-state index in [1.54, 1.807) is 0 Å². The Morgan fingerprint density at radius 2 is 0.674 bits per heavy atom. The van der Waals surface area contributed by atoms with E-state index in [4.69, 9.17) is 15.0 Å². The van der Waals surface area contributed by atoms with Crippen LogP contribution in [0.4, 0.5) is 13.2 Å². The van der Waals surface area contributed by atoms with Gasteiger partial charge < -0.3 is 18.3 Å². The normalized spacial score (nSPS) is 12.1. The molecule has 86 heavy (non-hydrogen) atoms. The molecule has 0 aliphatic carbocycles. The van der Waals surface area contributed by atoms with E-state index in [0.29, 0.717) is 40.0 Å². The van der Waals surface area contributed by atoms with Crippen molar-refractivity contribution in [3.63, 3.8) is 0 Å². The van der Waals surface area contributed by atoms with Gasteiger partial charge in [0.05, 0.1) is 61.1 Å². The zero-order valence-corrected chi connectivity index (χ0v) is 45.8. The highest BCUT2D eigenvalue weighted by molar-refractivity contribution is 6.28. The molecule has 7 nitrogen and oxygen atoms in total. The maximum Gasteiger partial charge on any atom is 0.417 e. The van der Waals surface area contributed by atoms with Crippen LogP contribution in [0.3, 0.4) is 0 Å². The van der Waals surface area contributed by atoms with Gasteiger partial charge in [0.15, 0.2) is 17.5 Å². The van der Waals surface area contributed by atoms with Crippen molar-refractivity contribution >= 4 is 87.2 Å². The van der Waals surface area contributed by atoms with E-state index in [1.165, 1.54) is 12.1 Å². The number of hydrogen-bond donors (Lipinski definition) is 0. The Labute approximate surface area is 490 Å². The lowest BCUT2D eigenvalue weighted by atomic mass is 9.93. The van der Waals surface area contributed by atoms with Crippen molar-refractivity contribution in [2.45, 2.75) is 6.18 Å². The minimum absolute atomic E-state index is 0.00534. The van der Waals surface area contributed by atoms with Crippen molar-refractivity contribution in [1.29, 1.82) is 0 Å². The van der Waals surface area contributed by atoms with Gasteiger partial charge in [-0.2, -0.15) is 13.2 Å². The summed E-state index contributed by atoms with van der Waals surface area (Å²) in [5.74, 6) is 1.17. The third-order valence-electron chi connectivity index (χ3n) is 17.0. The molecule has 5 aromatic heterocycles. The minimum Gasteiger partial charge on any atom is -0.309 e. The quantitative estimate of drug-likeness (QED) is 0.152. The second-order valence-corrected chi connectivity index (χ2v) is 21.8. The molecule has 0 N–H and O–H groups in total. The third-order valence-corrected chi connectivity index (χ3v) is 17.0. The first-order valence-electron chi connectivity index (χ1n) is 28.6. The van der Waals surface area contributed by atoms with E-state index in [-0.39, 0.29) is 5.56 Å². The van der Waals surface area contributed by atoms with Crippen molar-refractivity contribution in [2.24, 2.45) is 0 Å². The number of benzene rings is 12. The zero-order chi connectivity index (χ0) is 57.2. The van der Waals surface area contributed by atoms with Crippen molar-refractivity contribution in [2.75, 3.05) is 0 Å². The maximum atomic E-state index is 16.9. The predicted octanol–water partition coefficient (Wildman–Crippen LogP) is 19.9. The number of fused-ring (bicyclic) bond motifs is 14. The van der Waals surface area contributed by atoms with Crippen molar-refractivity contribution in [1.82, 2.24) is 33.2 Å². The molecule has 17 rings (SSSR count). The smallest absolute Gasteiger partial charge is 0.309 e. The summed E-state index contributed by atoms with van der Waals surface area (Å²) in [7, 11) is 0. The third kappa shape index (κ3) is 7.45. The first-order valence-corrected chi connectivity index (χ1v) is 28.6. The molecular weight excluding hydrogens is 1070 g/mol. The molecule has 0 spiro atoms. The fourth-order valence-electron chi connectivity index (χ4n) is 13.5. The van der Waals surface area contributed by atoms with Crippen LogP contribution in [0.5, 0.6) is 0 Å². The molecule has 17 aromatic rings. The predicted molar refractivity (Wildman–Crippen MR) is 344 cm³/mol. The topological polar surface area (TPSA) is 58.4 Å². The average molecular weight is 1110 g/mol. The Morgan fingerprint density at radius 3 is 1.14 bits per heavy atom. The molecule has 0 atom stereocenters. The van der Waals surface area contributed by atoms with Gasteiger partial charge in [0.1, 0.15) is 0 Å². The van der Waals surface area contributed by atoms with Crippen LogP contribution in [0.15, 0.2) is 279 Å². The van der Waals surface area contributed by atoms with Crippen molar-refractivity contribution in [3.8, 4) is 68.0 Å². The van der Waals surface area contributed by atoms with Gasteiger partial charge in [-0.3, -0.25) is 0 Å². The molecule has 0 fully saturated rings. The van der Waals surface area contributed by atoms with E-state index in [2.05, 4.69) is 123 Å². The number of nitrogens with zero attached hydrogens (tertiary/aromatic N) is 7. The summed E-state index contributed by atoms with van der Waals surface area (Å²) in [6.45, 7) is 0. The minimum atomic E-state index is -4.83. The molecule has 0 amide bonds. The van der Waals surface area contributed by atoms with Crippen LogP contribution in [0, 0.1) is 0 Å². The van der Waals surface area contributed by atoms with E-state index in [1.807, 2.05) is 162 Å². The Bertz CT molecular complexity index is 5510. The first-order chi connectivity index (χ1) is 42.4. The molecule has 0 unspecified atom stereocenters. The summed E-state index contributed by atoms with van der Waals surface area (Å²) in [6, 6.07) is 91.9. The standard InChI is InChI=1S/C76H46F3N7/c77-76(78,79)59-34-21-39-65(86-63-38-20-16-33-57(63)70-67(86)45-42-55-53-31-14-18-36-61(53)84(72(55)70)51-28-11-4-12-29-51)68(59)58-46-49(75-81-73(47-22-5-1-6-23-47)80-74(82-75)48-24-7-2-8-25-48)40-43-64(58)85-62-37-19-15-32-56(62)69-66(85)44-41-54-52-30-13-17-35-60(52)83(71(54)69)50-26-9-3-10-27-50/h1-46H. The lowest BCUT2D eigenvalue weighted by molar-refractivity contribution is -0.137. The summed E-state index contributed by atoms with van der Waals surface area (Å²) >= 11 is 0. The summed E-state index contributed by atoms with van der Waals surface area (Å²) in [6.07, 6.45) is -4.83. The lowest BCUT2D eigenvalue weighted by Crippen LogP contribution is -2.11. The number of aromatic nitrogens is 7. The van der Waals surface area contributed by atoms with Gasteiger partial charge >= 0.3 is 6.18 Å². The monoisotopic (exact) mass is 1110 g/mol. The van der Waals surface area contributed by atoms with Crippen molar-refractivity contribution < 1.29 is 13.2 Å². The zero-order valence-electron chi connectivity index (χ0n) is 45.8. The highest BCUT2D eigenvalue weighted by Gasteiger charge is 2.37. The van der Waals surface area contributed by atoms with Crippen LogP contribution in [-0.2, 0) is 6.18 Å². The van der Waals surface area contributed by atoms with Gasteiger partial charge in [-0.05, 0) is 91.0 Å². The molecule has 0 radical (unpaired) electrons. The van der Waals surface area contributed by atoms with Gasteiger partial charge in [0.2, 0.25) is 0 Å². The van der Waals surface area contributed by atoms with Gasteiger partial charge in [0.25, 0.3) is 0 Å². The largest absolute Gasteiger partial charge is 0.417 e. The van der Waals surface area contributed by atoms with Gasteiger partial charge in [-0.15, -0.1) is 0 Å². The Balaban J connectivity index is 1.02. The van der Waals surface area contributed by atoms with Crippen LogP contribution in [0.1, 0.15) is 5.56 Å². The number of para-hydroxylation sites is 6. The summed E-state index contributed by atoms with van der Waals surface area (Å²) in [4.78, 5) is 15.3. The Hall–Kier alpha value is -11.4. The highest BCUT2D eigenvalue weighted by atomic mass is 19.4. The van der Waals surface area contributed by atoms with E-state index >= 15 is 13.2 Å². The molecule has 0 aliphatic heterocycles. The summed E-state index contributed by atoms with van der Waals surface area (Å²) in [5.41, 5.74) is 11.6. The molecule has 0 saturated carbocycles. The van der Waals surface area contributed by atoms with Crippen LogP contribution in [-0.4, -0.2) is 33.2 Å². The van der Waals surface area contributed by atoms with Gasteiger partial charge in [-0.1, -0.05) is 188 Å². The number of alkyl halides is 3. The fourth-order valence-corrected chi connectivity index (χ4v) is 13.5. The second-order valence-electron chi connectivity index (χ2n) is 21.8. The average Bonchev–Trinajstić information content (AvgIpc) is 1.57. The maximum absolute atomic E-state index is 16.9. The van der Waals surface area contributed by atoms with Crippen LogP contribution >= 0.6 is 0 Å². The second kappa shape index (κ2) is 19.1. The molecule has 0 saturated heterocycles. The molecule has 10 heteroatoms. The SMILES string of the molecule is FC(F)(F)c1cccc(-n2c3ccccc3c3c2ccc2c4ccccc4n(-c4ccccc4)c23)c1-c1cc(-c2nc(-c3ccccc3)nc(-c3ccccc3)n2)ccc1-n1c2ccccc2c2c1ccc1c3ccccc3n(-c3ccccc3)c12. The molecular formula is C76H46F3N7. The van der Waals surface area contributed by atoms with Gasteiger partial charge in [-0.25, -0.2) is 15.0 Å². The number of hydrogen-bond acceptors (Lipinski definition) is 3. The fraction of sp³-hybridized carbons (Fsp3) is 0.0132. The Kier molecular flexibility index (Phi) is 10.9. The number of rotatable bonds is 8. The lowest BCUT2D eigenvalue weighted by Gasteiger charge is -2.23. The summed E-state index contributed by atoms with van der Waals surface area (Å²) in [5, 5.41) is 8.00. The van der Waals surface area contributed by atoms with E-state index < -0.39 is 11.7 Å². The molecule has 406 valence electrons. The highest BCUT2D eigenvalue weighted by Crippen LogP contribution is 2.50. The van der Waals surface area contributed by atoms with Crippen LogP contribution in [0.25, 0.3) is 155 Å². The molecule has 0 bridgehead atoms. The first kappa shape index (κ1) is 49.3. The Morgan fingerprint density at radius 1 is 0.279 bits per heavy atom. The number of halogens is 3. The van der Waals surface area contributed by atoms with E-state index in [0.717, 1.165) is 110 Å². The molecule has 0 aliphatic rings. The molecule has 12 aromatic carbocycles.